The molecule has 0 radical (unpaired) electrons. The summed E-state index contributed by atoms with van der Waals surface area (Å²) >= 11 is 9.70. The number of ether oxygens (including phenoxy) is 1. The minimum absolute atomic E-state index is 0.287. The second kappa shape index (κ2) is 9.24. The van der Waals surface area contributed by atoms with Crippen molar-refractivity contribution >= 4 is 50.3 Å². The summed E-state index contributed by atoms with van der Waals surface area (Å²) in [6.45, 7) is 7.06. The number of hydrogen-bond donors (Lipinski definition) is 1. The van der Waals surface area contributed by atoms with Crippen LogP contribution in [0, 0.1) is 20.8 Å². The van der Waals surface area contributed by atoms with Gasteiger partial charge in [-0.05, 0) is 39.3 Å². The van der Waals surface area contributed by atoms with Gasteiger partial charge in [-0.15, -0.1) is 22.7 Å². The van der Waals surface area contributed by atoms with E-state index in [9.17, 15) is 0 Å². The molecule has 0 fully saturated rings. The van der Waals surface area contributed by atoms with Crippen molar-refractivity contribution in [3.63, 3.8) is 0 Å². The average molecular weight is 460 g/mol. The van der Waals surface area contributed by atoms with Crippen LogP contribution in [-0.2, 0) is 13.0 Å². The molecule has 0 aliphatic carbocycles. The maximum absolute atomic E-state index is 6.30. The summed E-state index contributed by atoms with van der Waals surface area (Å²) in [5.41, 5.74) is 2.89. The Morgan fingerprint density at radius 1 is 1.03 bits per heavy atom. The maximum Gasteiger partial charge on any atom is 0.319 e. The monoisotopic (exact) mass is 459 g/mol. The zero-order valence-corrected chi connectivity index (χ0v) is 19.4. The number of benzene rings is 1. The van der Waals surface area contributed by atoms with Crippen molar-refractivity contribution in [2.24, 2.45) is 0 Å². The highest BCUT2D eigenvalue weighted by Crippen LogP contribution is 2.25. The molecule has 1 N–H and O–H groups in total. The van der Waals surface area contributed by atoms with Crippen molar-refractivity contribution in [3.05, 3.63) is 55.6 Å². The number of aryl methyl sites for hydroxylation is 3. The highest BCUT2D eigenvalue weighted by Gasteiger charge is 2.12. The number of halogens is 1. The number of hydrogen-bond acceptors (Lipinski definition) is 8. The molecule has 4 aromatic rings. The minimum Gasteiger partial charge on any atom is -0.463 e. The molecule has 0 spiro atoms. The molecule has 1 aromatic carbocycles. The van der Waals surface area contributed by atoms with E-state index < -0.39 is 0 Å². The largest absolute Gasteiger partial charge is 0.463 e. The third-order valence-electron chi connectivity index (χ3n) is 4.59. The fourth-order valence-electron chi connectivity index (χ4n) is 3.02. The highest BCUT2D eigenvalue weighted by molar-refractivity contribution is 7.18. The molecule has 0 unspecified atom stereocenters. The molecule has 3 aromatic heterocycles. The Morgan fingerprint density at radius 2 is 1.87 bits per heavy atom. The third-order valence-corrected chi connectivity index (χ3v) is 7.12. The van der Waals surface area contributed by atoms with Crippen LogP contribution < -0.4 is 10.1 Å². The molecule has 0 aliphatic heterocycles. The lowest BCUT2D eigenvalue weighted by Crippen LogP contribution is -2.08. The first-order valence-corrected chi connectivity index (χ1v) is 11.7. The molecule has 6 nitrogen and oxygen atoms in total. The molecule has 30 heavy (non-hydrogen) atoms. The number of nitrogens with zero attached hydrogens (tertiary/aromatic N) is 4. The van der Waals surface area contributed by atoms with Gasteiger partial charge in [-0.3, -0.25) is 0 Å². The average Bonchev–Trinajstić information content (AvgIpc) is 3.28. The molecule has 156 valence electrons. The smallest absolute Gasteiger partial charge is 0.319 e. The van der Waals surface area contributed by atoms with Gasteiger partial charge < -0.3 is 10.1 Å². The van der Waals surface area contributed by atoms with Gasteiger partial charge in [0.05, 0.1) is 39.1 Å². The van der Waals surface area contributed by atoms with Crippen molar-refractivity contribution in [2.45, 2.75) is 40.2 Å². The van der Waals surface area contributed by atoms with E-state index in [2.05, 4.69) is 31.3 Å². The molecule has 0 atom stereocenters. The van der Waals surface area contributed by atoms with E-state index in [-0.39, 0.29) is 6.01 Å². The number of thiazole rings is 2. The highest BCUT2D eigenvalue weighted by atomic mass is 35.5. The molecule has 9 heteroatoms. The fraction of sp³-hybridized carbons (Fsp3) is 0.333. The quantitative estimate of drug-likeness (QED) is 0.267. The summed E-state index contributed by atoms with van der Waals surface area (Å²) in [5, 5.41) is 5.90. The van der Waals surface area contributed by atoms with Gasteiger partial charge in [0.25, 0.3) is 0 Å². The molecule has 0 saturated heterocycles. The van der Waals surface area contributed by atoms with Crippen LogP contribution in [0.3, 0.4) is 0 Å². The van der Waals surface area contributed by atoms with E-state index in [4.69, 9.17) is 16.3 Å². The molecule has 0 aliphatic rings. The van der Waals surface area contributed by atoms with E-state index in [1.54, 1.807) is 22.7 Å². The van der Waals surface area contributed by atoms with E-state index in [0.29, 0.717) is 24.1 Å². The third kappa shape index (κ3) is 4.88. The lowest BCUT2D eigenvalue weighted by atomic mass is 10.3. The van der Waals surface area contributed by atoms with Gasteiger partial charge in [-0.1, -0.05) is 23.7 Å². The number of fused-ring (bicyclic) bond motifs is 1. The van der Waals surface area contributed by atoms with E-state index in [0.717, 1.165) is 39.6 Å². The van der Waals surface area contributed by atoms with Crippen molar-refractivity contribution in [2.75, 3.05) is 11.9 Å². The van der Waals surface area contributed by atoms with Crippen LogP contribution in [0.5, 0.6) is 6.01 Å². The predicted molar refractivity (Wildman–Crippen MR) is 124 cm³/mol. The zero-order chi connectivity index (χ0) is 21.1. The van der Waals surface area contributed by atoms with E-state index in [1.165, 1.54) is 9.58 Å². The van der Waals surface area contributed by atoms with Crippen molar-refractivity contribution in [1.29, 1.82) is 0 Å². The van der Waals surface area contributed by atoms with Gasteiger partial charge in [0, 0.05) is 16.9 Å². The van der Waals surface area contributed by atoms with Crippen LogP contribution in [0.2, 0.25) is 5.15 Å². The Bertz CT molecular complexity index is 1140. The standard InChI is InChI=1S/C21H22ClN5OS2/c1-12-19(22)26-21(27-20(12)23-11-17-13(2)24-14(3)29-17)28-10-6-9-18-25-15-7-4-5-8-16(15)30-18/h4-5,7-8H,6,9-11H2,1-3H3,(H,23,26,27). The number of nitrogens with one attached hydrogen (secondary N) is 1. The normalized spacial score (nSPS) is 11.2. The zero-order valence-electron chi connectivity index (χ0n) is 17.0. The summed E-state index contributed by atoms with van der Waals surface area (Å²) in [7, 11) is 0. The first-order valence-electron chi connectivity index (χ1n) is 9.68. The fourth-order valence-corrected chi connectivity index (χ4v) is 5.07. The Hall–Kier alpha value is -2.29. The van der Waals surface area contributed by atoms with Crippen LogP contribution in [0.1, 0.15) is 32.6 Å². The molecule has 0 amide bonds. The van der Waals surface area contributed by atoms with Crippen LogP contribution in [-0.4, -0.2) is 26.5 Å². The number of rotatable bonds is 8. The molecular weight excluding hydrogens is 438 g/mol. The first kappa shape index (κ1) is 21.0. The topological polar surface area (TPSA) is 72.8 Å². The van der Waals surface area contributed by atoms with Gasteiger partial charge in [0.1, 0.15) is 11.0 Å². The van der Waals surface area contributed by atoms with Crippen LogP contribution in [0.4, 0.5) is 5.82 Å². The lowest BCUT2D eigenvalue weighted by Gasteiger charge is -2.11. The summed E-state index contributed by atoms with van der Waals surface area (Å²) in [6, 6.07) is 8.47. The summed E-state index contributed by atoms with van der Waals surface area (Å²) in [4.78, 5) is 19.1. The second-order valence-electron chi connectivity index (χ2n) is 6.89. The predicted octanol–water partition coefficient (Wildman–Crippen LogP) is 5.75. The van der Waals surface area contributed by atoms with Crippen LogP contribution >= 0.6 is 34.3 Å². The SMILES string of the molecule is Cc1nc(C)c(CNc2nc(OCCCc3nc4ccccc4s3)nc(Cl)c2C)s1. The Morgan fingerprint density at radius 3 is 2.63 bits per heavy atom. The van der Waals surface area contributed by atoms with Crippen molar-refractivity contribution in [3.8, 4) is 6.01 Å². The Balaban J connectivity index is 1.35. The van der Waals surface area contributed by atoms with E-state index in [1.807, 2.05) is 39.0 Å². The first-order chi connectivity index (χ1) is 14.5. The molecule has 4 rings (SSSR count). The number of para-hydroxylation sites is 1. The summed E-state index contributed by atoms with van der Waals surface area (Å²) < 4.78 is 6.99. The summed E-state index contributed by atoms with van der Waals surface area (Å²) in [5.74, 6) is 0.682. The van der Waals surface area contributed by atoms with Crippen LogP contribution in [0.25, 0.3) is 10.2 Å². The van der Waals surface area contributed by atoms with Crippen molar-refractivity contribution in [1.82, 2.24) is 19.9 Å². The lowest BCUT2D eigenvalue weighted by molar-refractivity contribution is 0.287. The van der Waals surface area contributed by atoms with Gasteiger partial charge in [-0.25, -0.2) is 9.97 Å². The molecule has 0 bridgehead atoms. The van der Waals surface area contributed by atoms with Gasteiger partial charge in [-0.2, -0.15) is 9.97 Å². The number of aromatic nitrogens is 4. The van der Waals surface area contributed by atoms with Crippen LogP contribution in [0.15, 0.2) is 24.3 Å². The minimum atomic E-state index is 0.287. The Labute approximate surface area is 188 Å². The summed E-state index contributed by atoms with van der Waals surface area (Å²) in [6.07, 6.45) is 1.69. The van der Waals surface area contributed by atoms with Crippen molar-refractivity contribution < 1.29 is 4.74 Å². The Kier molecular flexibility index (Phi) is 6.46. The molecular formula is C21H22ClN5OS2. The van der Waals surface area contributed by atoms with Gasteiger partial charge in [0.15, 0.2) is 0 Å². The second-order valence-corrected chi connectivity index (χ2v) is 9.65. The van der Waals surface area contributed by atoms with Gasteiger partial charge >= 0.3 is 6.01 Å². The molecule has 3 heterocycles. The molecule has 0 saturated carbocycles. The van der Waals surface area contributed by atoms with E-state index >= 15 is 0 Å². The van der Waals surface area contributed by atoms with Gasteiger partial charge in [0.2, 0.25) is 0 Å². The number of anilines is 1. The maximum atomic E-state index is 6.30.